The van der Waals surface area contributed by atoms with Crippen molar-refractivity contribution in [2.24, 2.45) is 0 Å². The van der Waals surface area contributed by atoms with Gasteiger partial charge < -0.3 is 15.0 Å². The van der Waals surface area contributed by atoms with E-state index >= 15 is 0 Å². The molecule has 1 unspecified atom stereocenters. The van der Waals surface area contributed by atoms with Crippen LogP contribution >= 0.6 is 23.2 Å². The molecule has 2 aromatic carbocycles. The topological polar surface area (TPSA) is 78.9 Å². The van der Waals surface area contributed by atoms with Crippen LogP contribution in [0.4, 0.5) is 0 Å². The van der Waals surface area contributed by atoms with E-state index in [1.54, 1.807) is 49.4 Å². The Hall–Kier alpha value is -1.84. The van der Waals surface area contributed by atoms with Gasteiger partial charge in [0.05, 0.1) is 9.92 Å². The first-order valence-corrected chi connectivity index (χ1v) is 12.0. The fraction of sp³-hybridized carbons (Fsp3) is 0.381. The van der Waals surface area contributed by atoms with Crippen LogP contribution in [0.5, 0.6) is 5.75 Å². The van der Waals surface area contributed by atoms with Crippen LogP contribution in [0.15, 0.2) is 47.4 Å². The summed E-state index contributed by atoms with van der Waals surface area (Å²) < 4.78 is 32.7. The Bertz CT molecular complexity index is 1020. The lowest BCUT2D eigenvalue weighted by Crippen LogP contribution is -2.47. The number of likely N-dealkylation sites (N-methyl/N-ethyl adjacent to an activating group) is 1. The highest BCUT2D eigenvalue weighted by Crippen LogP contribution is 2.28. The van der Waals surface area contributed by atoms with Crippen molar-refractivity contribution in [3.8, 4) is 5.75 Å². The molecule has 0 bridgehead atoms. The quantitative estimate of drug-likeness (QED) is 0.651. The molecule has 2 aromatic rings. The molecule has 0 radical (unpaired) electrons. The lowest BCUT2D eigenvalue weighted by molar-refractivity contribution is -0.127. The lowest BCUT2D eigenvalue weighted by atomic mass is 10.2. The smallest absolute Gasteiger partial charge is 0.261 e. The van der Waals surface area contributed by atoms with E-state index in [1.807, 2.05) is 7.05 Å². The summed E-state index contributed by atoms with van der Waals surface area (Å²) >= 11 is 11.9. The van der Waals surface area contributed by atoms with Gasteiger partial charge in [-0.25, -0.2) is 8.42 Å². The second kappa shape index (κ2) is 10.2. The first-order valence-electron chi connectivity index (χ1n) is 9.84. The zero-order chi connectivity index (χ0) is 22.6. The average Bonchev–Trinajstić information content (AvgIpc) is 2.74. The number of sulfonamides is 1. The number of hydrogen-bond acceptors (Lipinski definition) is 5. The van der Waals surface area contributed by atoms with Crippen LogP contribution in [0.25, 0.3) is 0 Å². The third-order valence-corrected chi connectivity index (χ3v) is 7.50. The molecule has 1 aliphatic rings. The highest BCUT2D eigenvalue weighted by molar-refractivity contribution is 7.89. The van der Waals surface area contributed by atoms with Crippen molar-refractivity contribution in [1.82, 2.24) is 14.5 Å². The molecule has 3 rings (SSSR count). The number of piperazine rings is 1. The summed E-state index contributed by atoms with van der Waals surface area (Å²) in [6.45, 7) is 4.25. The Balaban J connectivity index is 1.55. The Morgan fingerprint density at radius 3 is 2.35 bits per heavy atom. The summed E-state index contributed by atoms with van der Waals surface area (Å²) in [5.41, 5.74) is 0.780. The number of carbonyl (C=O) groups is 1. The van der Waals surface area contributed by atoms with Crippen molar-refractivity contribution in [3.05, 3.63) is 58.1 Å². The van der Waals surface area contributed by atoms with E-state index in [9.17, 15) is 13.2 Å². The number of rotatable bonds is 7. The minimum Gasteiger partial charge on any atom is -0.479 e. The Morgan fingerprint density at radius 1 is 1.10 bits per heavy atom. The molecule has 1 aliphatic heterocycles. The normalized spacial score (nSPS) is 16.6. The molecule has 0 aromatic heterocycles. The maximum atomic E-state index is 12.8. The van der Waals surface area contributed by atoms with E-state index in [-0.39, 0.29) is 17.3 Å². The third-order valence-electron chi connectivity index (χ3n) is 5.06. The van der Waals surface area contributed by atoms with Gasteiger partial charge in [0, 0.05) is 37.7 Å². The number of benzene rings is 2. The van der Waals surface area contributed by atoms with Crippen molar-refractivity contribution < 1.29 is 17.9 Å². The van der Waals surface area contributed by atoms with Gasteiger partial charge in [0.1, 0.15) is 5.75 Å². The molecular formula is C21H25Cl2N3O4S. The molecule has 31 heavy (non-hydrogen) atoms. The molecule has 1 amide bonds. The van der Waals surface area contributed by atoms with E-state index in [2.05, 4.69) is 10.2 Å². The summed E-state index contributed by atoms with van der Waals surface area (Å²) in [4.78, 5) is 14.7. The monoisotopic (exact) mass is 485 g/mol. The summed E-state index contributed by atoms with van der Waals surface area (Å²) in [5, 5.41) is 3.58. The molecule has 10 heteroatoms. The summed E-state index contributed by atoms with van der Waals surface area (Å²) in [6, 6.07) is 11.3. The van der Waals surface area contributed by atoms with Crippen LogP contribution in [-0.4, -0.2) is 62.9 Å². The average molecular weight is 486 g/mol. The van der Waals surface area contributed by atoms with Crippen LogP contribution in [0.3, 0.4) is 0 Å². The number of hydrogen-bond donors (Lipinski definition) is 1. The zero-order valence-electron chi connectivity index (χ0n) is 17.3. The van der Waals surface area contributed by atoms with Gasteiger partial charge in [-0.1, -0.05) is 35.3 Å². The van der Waals surface area contributed by atoms with Gasteiger partial charge in [0.2, 0.25) is 10.0 Å². The second-order valence-electron chi connectivity index (χ2n) is 7.40. The Labute approximate surface area is 192 Å². The van der Waals surface area contributed by atoms with Gasteiger partial charge in [-0.05, 0) is 49.9 Å². The van der Waals surface area contributed by atoms with Gasteiger partial charge >= 0.3 is 0 Å². The number of ether oxygens (including phenoxy) is 1. The van der Waals surface area contributed by atoms with Crippen molar-refractivity contribution in [2.75, 3.05) is 33.2 Å². The molecule has 1 atom stereocenters. The van der Waals surface area contributed by atoms with Crippen LogP contribution in [0.1, 0.15) is 12.5 Å². The highest BCUT2D eigenvalue weighted by atomic mass is 35.5. The molecule has 0 aliphatic carbocycles. The van der Waals surface area contributed by atoms with Crippen molar-refractivity contribution in [2.45, 2.75) is 24.5 Å². The highest BCUT2D eigenvalue weighted by Gasteiger charge is 2.27. The van der Waals surface area contributed by atoms with Crippen LogP contribution in [0.2, 0.25) is 10.0 Å². The van der Waals surface area contributed by atoms with E-state index < -0.39 is 16.1 Å². The van der Waals surface area contributed by atoms with Gasteiger partial charge in [0.15, 0.2) is 6.10 Å². The molecular weight excluding hydrogens is 461 g/mol. The van der Waals surface area contributed by atoms with E-state index in [0.717, 1.165) is 5.56 Å². The van der Waals surface area contributed by atoms with Crippen molar-refractivity contribution in [1.29, 1.82) is 0 Å². The summed E-state index contributed by atoms with van der Waals surface area (Å²) in [6.07, 6.45) is -0.768. The minimum atomic E-state index is -3.51. The minimum absolute atomic E-state index is 0.246. The first kappa shape index (κ1) is 23.8. The van der Waals surface area contributed by atoms with Crippen molar-refractivity contribution >= 4 is 39.1 Å². The number of halogens is 2. The van der Waals surface area contributed by atoms with Crippen LogP contribution < -0.4 is 10.1 Å². The predicted octanol–water partition coefficient (Wildman–Crippen LogP) is 3.01. The molecule has 1 heterocycles. The van der Waals surface area contributed by atoms with Gasteiger partial charge in [-0.15, -0.1) is 0 Å². The summed E-state index contributed by atoms with van der Waals surface area (Å²) in [7, 11) is -1.54. The van der Waals surface area contributed by atoms with E-state index in [1.165, 1.54) is 4.31 Å². The maximum Gasteiger partial charge on any atom is 0.261 e. The third kappa shape index (κ3) is 6.11. The number of nitrogens with zero attached hydrogens (tertiary/aromatic N) is 2. The predicted molar refractivity (Wildman–Crippen MR) is 121 cm³/mol. The maximum absolute atomic E-state index is 12.8. The molecule has 0 spiro atoms. The number of carbonyl (C=O) groups excluding carboxylic acids is 1. The number of nitrogens with one attached hydrogen (secondary N) is 1. The molecule has 1 N–H and O–H groups in total. The second-order valence-corrected chi connectivity index (χ2v) is 10.2. The lowest BCUT2D eigenvalue weighted by Gasteiger charge is -2.31. The Morgan fingerprint density at radius 2 is 1.74 bits per heavy atom. The van der Waals surface area contributed by atoms with E-state index in [0.29, 0.717) is 42.0 Å². The standard InChI is InChI=1S/C21H25Cl2N3O4S/c1-15(30-20-8-5-17(22)13-19(20)23)21(27)24-14-16-3-6-18(7-4-16)31(28,29)26-11-9-25(2)10-12-26/h3-8,13,15H,9-12,14H2,1-2H3,(H,24,27). The molecule has 1 saturated heterocycles. The largest absolute Gasteiger partial charge is 0.479 e. The fourth-order valence-corrected chi connectivity index (χ4v) is 4.98. The van der Waals surface area contributed by atoms with Crippen LogP contribution in [-0.2, 0) is 21.4 Å². The van der Waals surface area contributed by atoms with Gasteiger partial charge in [0.25, 0.3) is 5.91 Å². The van der Waals surface area contributed by atoms with E-state index in [4.69, 9.17) is 27.9 Å². The molecule has 0 saturated carbocycles. The molecule has 168 valence electrons. The number of amides is 1. The van der Waals surface area contributed by atoms with Gasteiger partial charge in [-0.3, -0.25) is 4.79 Å². The fourth-order valence-electron chi connectivity index (χ4n) is 3.10. The molecule has 1 fully saturated rings. The summed E-state index contributed by atoms with van der Waals surface area (Å²) in [5.74, 6) is 0.0485. The van der Waals surface area contributed by atoms with Gasteiger partial charge in [-0.2, -0.15) is 4.31 Å². The zero-order valence-corrected chi connectivity index (χ0v) is 19.7. The van der Waals surface area contributed by atoms with Crippen molar-refractivity contribution in [3.63, 3.8) is 0 Å². The Kier molecular flexibility index (Phi) is 7.82. The molecule has 7 nitrogen and oxygen atoms in total. The van der Waals surface area contributed by atoms with Crippen LogP contribution in [0, 0.1) is 0 Å². The SMILES string of the molecule is CC(Oc1ccc(Cl)cc1Cl)C(=O)NCc1ccc(S(=O)(=O)N2CCN(C)CC2)cc1. The first-order chi connectivity index (χ1) is 14.7.